The van der Waals surface area contributed by atoms with Crippen molar-refractivity contribution in [3.8, 4) is 0 Å². The lowest BCUT2D eigenvalue weighted by Crippen LogP contribution is -2.19. The van der Waals surface area contributed by atoms with Gasteiger partial charge < -0.3 is 9.47 Å². The molecule has 0 aliphatic carbocycles. The van der Waals surface area contributed by atoms with Gasteiger partial charge in [0.1, 0.15) is 6.10 Å². The standard InChI is InChI=1S/C8H14O3/c1-3-10-8-5-4-7(11-8)6(2)9/h7-8H,3-5H2,1-2H3. The topological polar surface area (TPSA) is 35.5 Å². The van der Waals surface area contributed by atoms with E-state index in [0.29, 0.717) is 6.61 Å². The molecule has 2 atom stereocenters. The maximum atomic E-state index is 10.8. The van der Waals surface area contributed by atoms with E-state index in [2.05, 4.69) is 0 Å². The van der Waals surface area contributed by atoms with Crippen LogP contribution >= 0.6 is 0 Å². The van der Waals surface area contributed by atoms with E-state index >= 15 is 0 Å². The van der Waals surface area contributed by atoms with Gasteiger partial charge in [0.15, 0.2) is 12.1 Å². The molecule has 11 heavy (non-hydrogen) atoms. The molecule has 0 amide bonds. The van der Waals surface area contributed by atoms with E-state index in [4.69, 9.17) is 9.47 Å². The van der Waals surface area contributed by atoms with Crippen molar-refractivity contribution in [1.29, 1.82) is 0 Å². The number of ether oxygens (including phenoxy) is 2. The summed E-state index contributed by atoms with van der Waals surface area (Å²) in [6.45, 7) is 4.12. The molecule has 0 saturated carbocycles. The molecule has 1 aliphatic rings. The Balaban J connectivity index is 2.29. The van der Waals surface area contributed by atoms with Gasteiger partial charge in [-0.25, -0.2) is 0 Å². The maximum absolute atomic E-state index is 10.8. The smallest absolute Gasteiger partial charge is 0.158 e. The lowest BCUT2D eigenvalue weighted by molar-refractivity contribution is -0.150. The Morgan fingerprint density at radius 1 is 1.64 bits per heavy atom. The zero-order chi connectivity index (χ0) is 8.27. The molecule has 1 rings (SSSR count). The number of hydrogen-bond acceptors (Lipinski definition) is 3. The van der Waals surface area contributed by atoms with Crippen LogP contribution in [-0.4, -0.2) is 24.8 Å². The third-order valence-electron chi connectivity index (χ3n) is 1.79. The zero-order valence-corrected chi connectivity index (χ0v) is 7.00. The fraction of sp³-hybridized carbons (Fsp3) is 0.875. The molecule has 1 heterocycles. The summed E-state index contributed by atoms with van der Waals surface area (Å²) in [5, 5.41) is 0. The zero-order valence-electron chi connectivity index (χ0n) is 7.00. The van der Waals surface area contributed by atoms with Crippen molar-refractivity contribution in [2.45, 2.75) is 39.1 Å². The summed E-state index contributed by atoms with van der Waals surface area (Å²) in [7, 11) is 0. The second kappa shape index (κ2) is 3.83. The van der Waals surface area contributed by atoms with Gasteiger partial charge in [0.2, 0.25) is 0 Å². The molecule has 0 spiro atoms. The predicted molar refractivity (Wildman–Crippen MR) is 40.2 cm³/mol. The third kappa shape index (κ3) is 2.27. The third-order valence-corrected chi connectivity index (χ3v) is 1.79. The maximum Gasteiger partial charge on any atom is 0.158 e. The number of Topliss-reactive ketones (excluding diaryl/α,β-unsaturated/α-hetero) is 1. The van der Waals surface area contributed by atoms with Gasteiger partial charge in [0, 0.05) is 13.0 Å². The summed E-state index contributed by atoms with van der Waals surface area (Å²) in [5.74, 6) is 0.104. The molecule has 3 heteroatoms. The Hall–Kier alpha value is -0.410. The van der Waals surface area contributed by atoms with Gasteiger partial charge >= 0.3 is 0 Å². The van der Waals surface area contributed by atoms with E-state index in [9.17, 15) is 4.79 Å². The Bertz CT molecular complexity index is 144. The number of carbonyl (C=O) groups is 1. The monoisotopic (exact) mass is 158 g/mol. The van der Waals surface area contributed by atoms with Crippen molar-refractivity contribution < 1.29 is 14.3 Å². The van der Waals surface area contributed by atoms with Gasteiger partial charge in [-0.1, -0.05) is 0 Å². The summed E-state index contributed by atoms with van der Waals surface area (Å²) >= 11 is 0. The summed E-state index contributed by atoms with van der Waals surface area (Å²) in [6.07, 6.45) is 1.29. The van der Waals surface area contributed by atoms with Crippen molar-refractivity contribution >= 4 is 5.78 Å². The van der Waals surface area contributed by atoms with Gasteiger partial charge in [-0.05, 0) is 20.3 Å². The lowest BCUT2D eigenvalue weighted by atomic mass is 10.2. The largest absolute Gasteiger partial charge is 0.353 e. The van der Waals surface area contributed by atoms with Crippen molar-refractivity contribution in [1.82, 2.24) is 0 Å². The van der Waals surface area contributed by atoms with Crippen LogP contribution in [0, 0.1) is 0 Å². The number of ketones is 1. The highest BCUT2D eigenvalue weighted by molar-refractivity contribution is 5.80. The van der Waals surface area contributed by atoms with Gasteiger partial charge in [-0.2, -0.15) is 0 Å². The average molecular weight is 158 g/mol. The van der Waals surface area contributed by atoms with E-state index in [-0.39, 0.29) is 18.2 Å². The molecular weight excluding hydrogens is 144 g/mol. The highest BCUT2D eigenvalue weighted by Crippen LogP contribution is 2.20. The van der Waals surface area contributed by atoms with E-state index < -0.39 is 0 Å². The van der Waals surface area contributed by atoms with Crippen LogP contribution < -0.4 is 0 Å². The predicted octanol–water partition coefficient (Wildman–Crippen LogP) is 1.12. The molecule has 0 bridgehead atoms. The first-order chi connectivity index (χ1) is 5.24. The summed E-state index contributed by atoms with van der Waals surface area (Å²) in [4.78, 5) is 10.8. The van der Waals surface area contributed by atoms with Crippen LogP contribution in [0.3, 0.4) is 0 Å². The van der Waals surface area contributed by atoms with Crippen LogP contribution in [0.15, 0.2) is 0 Å². The molecule has 0 aromatic heterocycles. The second-order valence-electron chi connectivity index (χ2n) is 2.70. The van der Waals surface area contributed by atoms with Crippen molar-refractivity contribution in [2.75, 3.05) is 6.61 Å². The second-order valence-corrected chi connectivity index (χ2v) is 2.70. The van der Waals surface area contributed by atoms with Crippen LogP contribution in [0.5, 0.6) is 0 Å². The van der Waals surface area contributed by atoms with Gasteiger partial charge in [-0.15, -0.1) is 0 Å². The van der Waals surface area contributed by atoms with Crippen molar-refractivity contribution in [3.63, 3.8) is 0 Å². The van der Waals surface area contributed by atoms with E-state index in [1.54, 1.807) is 6.92 Å². The number of carbonyl (C=O) groups excluding carboxylic acids is 1. The molecule has 64 valence electrons. The summed E-state index contributed by atoms with van der Waals surface area (Å²) < 4.78 is 10.5. The quantitative estimate of drug-likeness (QED) is 0.617. The minimum Gasteiger partial charge on any atom is -0.353 e. The lowest BCUT2D eigenvalue weighted by Gasteiger charge is -2.10. The van der Waals surface area contributed by atoms with E-state index in [1.807, 2.05) is 6.92 Å². The van der Waals surface area contributed by atoms with Gasteiger partial charge in [0.05, 0.1) is 0 Å². The highest BCUT2D eigenvalue weighted by atomic mass is 16.7. The molecule has 0 aromatic carbocycles. The van der Waals surface area contributed by atoms with Crippen LogP contribution in [0.1, 0.15) is 26.7 Å². The molecule has 1 saturated heterocycles. The number of hydrogen-bond donors (Lipinski definition) is 0. The average Bonchev–Trinajstić information content (AvgIpc) is 2.37. The number of rotatable bonds is 3. The Morgan fingerprint density at radius 2 is 2.36 bits per heavy atom. The van der Waals surface area contributed by atoms with Crippen LogP contribution in [0.25, 0.3) is 0 Å². The molecule has 2 unspecified atom stereocenters. The molecule has 1 aliphatic heterocycles. The van der Waals surface area contributed by atoms with Crippen molar-refractivity contribution in [3.05, 3.63) is 0 Å². The molecule has 0 radical (unpaired) electrons. The van der Waals surface area contributed by atoms with E-state index in [1.165, 1.54) is 0 Å². The molecular formula is C8H14O3. The summed E-state index contributed by atoms with van der Waals surface area (Å²) in [5.41, 5.74) is 0. The Kier molecular flexibility index (Phi) is 3.02. The minimum atomic E-state index is -0.216. The fourth-order valence-corrected chi connectivity index (χ4v) is 1.21. The van der Waals surface area contributed by atoms with Gasteiger partial charge in [0.25, 0.3) is 0 Å². The van der Waals surface area contributed by atoms with E-state index in [0.717, 1.165) is 12.8 Å². The molecule has 3 nitrogen and oxygen atoms in total. The normalized spacial score (nSPS) is 30.7. The highest BCUT2D eigenvalue weighted by Gasteiger charge is 2.28. The molecule has 0 N–H and O–H groups in total. The van der Waals surface area contributed by atoms with Crippen molar-refractivity contribution in [2.24, 2.45) is 0 Å². The first-order valence-electron chi connectivity index (χ1n) is 4.01. The Morgan fingerprint density at radius 3 is 2.82 bits per heavy atom. The van der Waals surface area contributed by atoms with Crippen LogP contribution in [-0.2, 0) is 14.3 Å². The first-order valence-corrected chi connectivity index (χ1v) is 4.01. The summed E-state index contributed by atoms with van der Waals surface area (Å²) in [6, 6.07) is 0. The fourth-order valence-electron chi connectivity index (χ4n) is 1.21. The Labute approximate surface area is 66.7 Å². The minimum absolute atomic E-state index is 0.104. The molecule has 1 fully saturated rings. The van der Waals surface area contributed by atoms with Crippen LogP contribution in [0.2, 0.25) is 0 Å². The van der Waals surface area contributed by atoms with Crippen LogP contribution in [0.4, 0.5) is 0 Å². The SMILES string of the molecule is CCOC1CCC(C(C)=O)O1. The first kappa shape index (κ1) is 8.68. The van der Waals surface area contributed by atoms with Gasteiger partial charge in [-0.3, -0.25) is 4.79 Å². The molecule has 0 aromatic rings.